The molecule has 14 heavy (non-hydrogen) atoms. The smallest absolute Gasteiger partial charge is 0.237 e. The lowest BCUT2D eigenvalue weighted by atomic mass is 10.1. The first kappa shape index (κ1) is 13.1. The van der Waals surface area contributed by atoms with Crippen LogP contribution in [0.4, 0.5) is 0 Å². The molecule has 0 spiro atoms. The number of amides is 1. The lowest BCUT2D eigenvalue weighted by Gasteiger charge is -2.11. The van der Waals surface area contributed by atoms with Crippen molar-refractivity contribution < 1.29 is 9.00 Å². The first-order valence-corrected chi connectivity index (χ1v) is 6.14. The molecule has 0 aromatic carbocycles. The van der Waals surface area contributed by atoms with E-state index < -0.39 is 16.7 Å². The molecule has 3 atom stereocenters. The lowest BCUT2D eigenvalue weighted by molar-refractivity contribution is -0.123. The zero-order valence-electron chi connectivity index (χ0n) is 8.74. The summed E-state index contributed by atoms with van der Waals surface area (Å²) in [4.78, 5) is 11.3. The van der Waals surface area contributed by atoms with Crippen LogP contribution in [0.15, 0.2) is 0 Å². The highest BCUT2D eigenvalue weighted by Gasteiger charge is 2.16. The van der Waals surface area contributed by atoms with Gasteiger partial charge in [-0.2, -0.15) is 5.26 Å². The molecule has 80 valence electrons. The second-order valence-corrected chi connectivity index (χ2v) is 4.95. The summed E-state index contributed by atoms with van der Waals surface area (Å²) >= 11 is 0. The van der Waals surface area contributed by atoms with Gasteiger partial charge in [0.25, 0.3) is 0 Å². The fourth-order valence-electron chi connectivity index (χ4n) is 0.820. The van der Waals surface area contributed by atoms with Crippen LogP contribution in [-0.2, 0) is 15.6 Å². The van der Waals surface area contributed by atoms with Gasteiger partial charge in [0.2, 0.25) is 5.91 Å². The van der Waals surface area contributed by atoms with Crippen LogP contribution in [0.1, 0.15) is 20.3 Å². The second-order valence-electron chi connectivity index (χ2n) is 3.14. The topological polar surface area (TPSA) is 70.0 Å². The van der Waals surface area contributed by atoms with Crippen LogP contribution in [0.25, 0.3) is 0 Å². The van der Waals surface area contributed by atoms with Crippen molar-refractivity contribution in [1.82, 2.24) is 5.32 Å². The molecular weight excluding hydrogens is 200 g/mol. The summed E-state index contributed by atoms with van der Waals surface area (Å²) in [5.74, 6) is -0.861. The molecule has 0 radical (unpaired) electrons. The highest BCUT2D eigenvalue weighted by atomic mass is 32.2. The van der Waals surface area contributed by atoms with E-state index in [9.17, 15) is 9.00 Å². The molecule has 0 aromatic heterocycles. The summed E-state index contributed by atoms with van der Waals surface area (Å²) in [5, 5.41) is 11.1. The van der Waals surface area contributed by atoms with Crippen molar-refractivity contribution in [2.24, 2.45) is 5.92 Å². The molecule has 3 unspecified atom stereocenters. The average Bonchev–Trinajstić information content (AvgIpc) is 2.15. The molecule has 1 amide bonds. The number of rotatable bonds is 5. The van der Waals surface area contributed by atoms with E-state index in [-0.39, 0.29) is 11.2 Å². The summed E-state index contributed by atoms with van der Waals surface area (Å²) in [7, 11) is -0.941. The number of hydrogen-bond donors (Lipinski definition) is 1. The third-order valence-corrected chi connectivity index (χ3v) is 3.31. The van der Waals surface area contributed by atoms with Crippen molar-refractivity contribution in [3.8, 4) is 6.07 Å². The highest BCUT2D eigenvalue weighted by Crippen LogP contribution is 2.00. The van der Waals surface area contributed by atoms with Crippen molar-refractivity contribution in [2.45, 2.75) is 25.5 Å². The van der Waals surface area contributed by atoms with Gasteiger partial charge in [-0.25, -0.2) is 0 Å². The molecule has 0 aliphatic carbocycles. The zero-order chi connectivity index (χ0) is 11.1. The quantitative estimate of drug-likeness (QED) is 0.724. The van der Waals surface area contributed by atoms with Gasteiger partial charge in [0, 0.05) is 28.9 Å². The van der Waals surface area contributed by atoms with Crippen molar-refractivity contribution in [1.29, 1.82) is 5.26 Å². The van der Waals surface area contributed by atoms with E-state index in [4.69, 9.17) is 5.26 Å². The van der Waals surface area contributed by atoms with Gasteiger partial charge >= 0.3 is 0 Å². The molecule has 0 fully saturated rings. The molecule has 0 aliphatic rings. The number of hydrogen-bond acceptors (Lipinski definition) is 3. The highest BCUT2D eigenvalue weighted by molar-refractivity contribution is 7.84. The van der Waals surface area contributed by atoms with Crippen molar-refractivity contribution in [2.75, 3.05) is 12.8 Å². The van der Waals surface area contributed by atoms with E-state index in [2.05, 4.69) is 5.32 Å². The summed E-state index contributed by atoms with van der Waals surface area (Å²) in [6, 6.07) is 1.92. The van der Waals surface area contributed by atoms with E-state index >= 15 is 0 Å². The normalized spacial score (nSPS) is 16.4. The zero-order valence-corrected chi connectivity index (χ0v) is 9.56. The predicted octanol–water partition coefficient (Wildman–Crippen LogP) is 0.419. The number of nitriles is 1. The minimum Gasteiger partial charge on any atom is -0.354 e. The van der Waals surface area contributed by atoms with Crippen molar-refractivity contribution >= 4 is 16.7 Å². The fraction of sp³-hybridized carbons (Fsp3) is 0.778. The van der Waals surface area contributed by atoms with E-state index in [0.29, 0.717) is 13.0 Å². The molecule has 0 heterocycles. The van der Waals surface area contributed by atoms with Crippen molar-refractivity contribution in [3.05, 3.63) is 0 Å². The fourth-order valence-corrected chi connectivity index (χ4v) is 1.14. The SMILES string of the molecule is CCC(C#N)C(=O)NCC(C)S(C)=O. The first-order valence-electron chi connectivity index (χ1n) is 4.52. The van der Waals surface area contributed by atoms with Crippen LogP contribution in [0.2, 0.25) is 0 Å². The van der Waals surface area contributed by atoms with Gasteiger partial charge in [-0.15, -0.1) is 0 Å². The van der Waals surface area contributed by atoms with E-state index in [1.54, 1.807) is 20.1 Å². The Labute approximate surface area is 87.1 Å². The minimum absolute atomic E-state index is 0.0739. The van der Waals surface area contributed by atoms with Crippen LogP contribution in [0, 0.1) is 17.2 Å². The van der Waals surface area contributed by atoms with Crippen LogP contribution in [-0.4, -0.2) is 28.2 Å². The molecular formula is C9H16N2O2S. The largest absolute Gasteiger partial charge is 0.354 e. The van der Waals surface area contributed by atoms with Gasteiger partial charge in [-0.3, -0.25) is 9.00 Å². The van der Waals surface area contributed by atoms with E-state index in [0.717, 1.165) is 0 Å². The first-order chi connectivity index (χ1) is 6.52. The van der Waals surface area contributed by atoms with E-state index in [1.165, 1.54) is 0 Å². The summed E-state index contributed by atoms with van der Waals surface area (Å²) in [6.07, 6.45) is 2.10. The Bertz CT molecular complexity index is 260. The second kappa shape index (κ2) is 6.55. The molecule has 0 aromatic rings. The molecule has 4 nitrogen and oxygen atoms in total. The third kappa shape index (κ3) is 4.38. The maximum atomic E-state index is 11.3. The van der Waals surface area contributed by atoms with Crippen LogP contribution < -0.4 is 5.32 Å². The number of carbonyl (C=O) groups is 1. The Kier molecular flexibility index (Phi) is 6.13. The minimum atomic E-state index is -0.941. The van der Waals surface area contributed by atoms with Gasteiger partial charge < -0.3 is 5.32 Å². The van der Waals surface area contributed by atoms with Crippen LogP contribution in [0.3, 0.4) is 0 Å². The van der Waals surface area contributed by atoms with Crippen LogP contribution in [0.5, 0.6) is 0 Å². The third-order valence-electron chi connectivity index (χ3n) is 2.01. The van der Waals surface area contributed by atoms with Crippen molar-refractivity contribution in [3.63, 3.8) is 0 Å². The standard InChI is InChI=1S/C9H16N2O2S/c1-4-8(5-10)9(12)11-6-7(2)14(3)13/h7-8H,4,6H2,1-3H3,(H,11,12). The number of nitrogens with one attached hydrogen (secondary N) is 1. The summed E-state index contributed by atoms with van der Waals surface area (Å²) < 4.78 is 11.0. The Hall–Kier alpha value is -0.890. The molecule has 0 rings (SSSR count). The molecule has 0 saturated carbocycles. The Morgan fingerprint density at radius 3 is 2.57 bits per heavy atom. The lowest BCUT2D eigenvalue weighted by Crippen LogP contribution is -2.36. The Morgan fingerprint density at radius 1 is 1.64 bits per heavy atom. The van der Waals surface area contributed by atoms with Gasteiger partial charge in [0.05, 0.1) is 6.07 Å². The van der Waals surface area contributed by atoms with Gasteiger partial charge in [-0.1, -0.05) is 6.92 Å². The average molecular weight is 216 g/mol. The van der Waals surface area contributed by atoms with E-state index in [1.807, 2.05) is 6.07 Å². The van der Waals surface area contributed by atoms with Gasteiger partial charge in [0.15, 0.2) is 0 Å². The van der Waals surface area contributed by atoms with Gasteiger partial charge in [0.1, 0.15) is 5.92 Å². The summed E-state index contributed by atoms with van der Waals surface area (Å²) in [6.45, 7) is 3.94. The van der Waals surface area contributed by atoms with Crippen LogP contribution >= 0.6 is 0 Å². The van der Waals surface area contributed by atoms with Gasteiger partial charge in [-0.05, 0) is 13.3 Å². The predicted molar refractivity (Wildman–Crippen MR) is 55.9 cm³/mol. The maximum absolute atomic E-state index is 11.3. The summed E-state index contributed by atoms with van der Waals surface area (Å²) in [5.41, 5.74) is 0. The molecule has 0 saturated heterocycles. The Balaban J connectivity index is 3.97. The maximum Gasteiger partial charge on any atom is 0.237 e. The molecule has 0 aliphatic heterocycles. The Morgan fingerprint density at radius 2 is 2.21 bits per heavy atom. The molecule has 0 bridgehead atoms. The number of nitrogens with zero attached hydrogens (tertiary/aromatic N) is 1. The molecule has 5 heteroatoms. The molecule has 1 N–H and O–H groups in total. The monoisotopic (exact) mass is 216 g/mol. The number of carbonyl (C=O) groups excluding carboxylic acids is 1.